The van der Waals surface area contributed by atoms with Gasteiger partial charge in [-0.3, -0.25) is 4.79 Å². The highest BCUT2D eigenvalue weighted by Crippen LogP contribution is 2.27. The lowest BCUT2D eigenvalue weighted by molar-refractivity contribution is -0.114. The van der Waals surface area contributed by atoms with Gasteiger partial charge in [-0.1, -0.05) is 6.07 Å². The van der Waals surface area contributed by atoms with Gasteiger partial charge in [-0.15, -0.1) is 0 Å². The van der Waals surface area contributed by atoms with Gasteiger partial charge >= 0.3 is 0 Å². The second-order valence-electron chi connectivity index (χ2n) is 5.43. The van der Waals surface area contributed by atoms with Crippen LogP contribution >= 0.6 is 0 Å². The van der Waals surface area contributed by atoms with Crippen molar-refractivity contribution in [2.24, 2.45) is 5.73 Å². The lowest BCUT2D eigenvalue weighted by Crippen LogP contribution is -2.32. The molecule has 3 N–H and O–H groups in total. The molecule has 4 heteroatoms. The van der Waals surface area contributed by atoms with Gasteiger partial charge in [-0.05, 0) is 51.3 Å². The Kier molecular flexibility index (Phi) is 5.36. The molecule has 0 saturated heterocycles. The Bertz CT molecular complexity index is 436. The van der Waals surface area contributed by atoms with Crippen molar-refractivity contribution in [1.29, 1.82) is 0 Å². The van der Waals surface area contributed by atoms with Crippen molar-refractivity contribution < 1.29 is 9.53 Å². The molecule has 1 aromatic carbocycles. The number of ether oxygens (including phenoxy) is 1. The summed E-state index contributed by atoms with van der Waals surface area (Å²) in [7, 11) is 0. The van der Waals surface area contributed by atoms with Crippen LogP contribution in [0.15, 0.2) is 18.2 Å². The van der Waals surface area contributed by atoms with Crippen LogP contribution in [0.2, 0.25) is 0 Å². The molecule has 0 bridgehead atoms. The van der Waals surface area contributed by atoms with Crippen molar-refractivity contribution in [3.63, 3.8) is 0 Å². The first-order valence-electron chi connectivity index (χ1n) is 6.64. The van der Waals surface area contributed by atoms with Crippen LogP contribution in [0.25, 0.3) is 0 Å². The van der Waals surface area contributed by atoms with Gasteiger partial charge in [0.2, 0.25) is 5.91 Å². The number of aryl methyl sites for hydroxylation is 1. The van der Waals surface area contributed by atoms with Crippen molar-refractivity contribution in [3.05, 3.63) is 23.8 Å². The molecule has 19 heavy (non-hydrogen) atoms. The standard InChI is InChI=1S/C15H24N2O2/c1-5-19-14-7-6-12(8-9-15(3,4)16)10-13(14)17-11(2)18/h6-7,10H,5,8-9,16H2,1-4H3,(H,17,18). The Morgan fingerprint density at radius 1 is 1.42 bits per heavy atom. The summed E-state index contributed by atoms with van der Waals surface area (Å²) in [6.45, 7) is 8.00. The molecule has 1 amide bonds. The molecule has 0 fully saturated rings. The maximum atomic E-state index is 11.2. The highest BCUT2D eigenvalue weighted by atomic mass is 16.5. The van der Waals surface area contributed by atoms with Gasteiger partial charge in [-0.2, -0.15) is 0 Å². The third kappa shape index (κ3) is 5.75. The zero-order valence-corrected chi connectivity index (χ0v) is 12.2. The van der Waals surface area contributed by atoms with Gasteiger partial charge < -0.3 is 15.8 Å². The molecule has 0 aromatic heterocycles. The minimum atomic E-state index is -0.188. The van der Waals surface area contributed by atoms with E-state index in [1.165, 1.54) is 6.92 Å². The van der Waals surface area contributed by atoms with Crippen LogP contribution in [-0.4, -0.2) is 18.1 Å². The normalized spacial score (nSPS) is 11.2. The average molecular weight is 264 g/mol. The Balaban J connectivity index is 2.87. The molecule has 1 aromatic rings. The Labute approximate surface area is 115 Å². The zero-order chi connectivity index (χ0) is 14.5. The third-order valence-electron chi connectivity index (χ3n) is 2.71. The first kappa shape index (κ1) is 15.5. The molecule has 0 spiro atoms. The molecule has 106 valence electrons. The predicted octanol–water partition coefficient (Wildman–Crippen LogP) is 2.71. The maximum Gasteiger partial charge on any atom is 0.221 e. The molecule has 1 rings (SSSR count). The van der Waals surface area contributed by atoms with E-state index in [2.05, 4.69) is 5.32 Å². The van der Waals surface area contributed by atoms with Crippen LogP contribution in [0.4, 0.5) is 5.69 Å². The fourth-order valence-electron chi connectivity index (χ4n) is 1.77. The summed E-state index contributed by atoms with van der Waals surface area (Å²) in [5.41, 5.74) is 7.67. The second kappa shape index (κ2) is 6.57. The summed E-state index contributed by atoms with van der Waals surface area (Å²) in [6, 6.07) is 5.87. The molecule has 0 heterocycles. The number of amides is 1. The van der Waals surface area contributed by atoms with Gasteiger partial charge in [0, 0.05) is 12.5 Å². The van der Waals surface area contributed by atoms with E-state index in [1.54, 1.807) is 0 Å². The number of benzene rings is 1. The van der Waals surface area contributed by atoms with E-state index in [1.807, 2.05) is 39.0 Å². The highest BCUT2D eigenvalue weighted by Gasteiger charge is 2.12. The average Bonchev–Trinajstić information content (AvgIpc) is 2.28. The molecule has 0 aliphatic carbocycles. The number of rotatable bonds is 6. The molecule has 0 radical (unpaired) electrons. The monoisotopic (exact) mass is 264 g/mol. The van der Waals surface area contributed by atoms with Gasteiger partial charge in [0.1, 0.15) is 5.75 Å². The zero-order valence-electron chi connectivity index (χ0n) is 12.2. The van der Waals surface area contributed by atoms with Crippen molar-refractivity contribution in [3.8, 4) is 5.75 Å². The van der Waals surface area contributed by atoms with E-state index in [0.717, 1.165) is 24.1 Å². The van der Waals surface area contributed by atoms with Crippen molar-refractivity contribution >= 4 is 11.6 Å². The van der Waals surface area contributed by atoms with E-state index in [-0.39, 0.29) is 11.4 Å². The Morgan fingerprint density at radius 3 is 2.63 bits per heavy atom. The van der Waals surface area contributed by atoms with Crippen LogP contribution in [0.5, 0.6) is 5.75 Å². The minimum Gasteiger partial charge on any atom is -0.492 e. The van der Waals surface area contributed by atoms with Crippen molar-refractivity contribution in [2.45, 2.75) is 46.1 Å². The van der Waals surface area contributed by atoms with Crippen LogP contribution in [0.1, 0.15) is 39.7 Å². The lowest BCUT2D eigenvalue weighted by Gasteiger charge is -2.19. The van der Waals surface area contributed by atoms with Gasteiger partial charge in [-0.25, -0.2) is 0 Å². The summed E-state index contributed by atoms with van der Waals surface area (Å²) in [6.07, 6.45) is 1.77. The van der Waals surface area contributed by atoms with Crippen LogP contribution in [0.3, 0.4) is 0 Å². The fourth-order valence-corrected chi connectivity index (χ4v) is 1.77. The molecule has 4 nitrogen and oxygen atoms in total. The number of carbonyl (C=O) groups is 1. The van der Waals surface area contributed by atoms with Crippen molar-refractivity contribution in [1.82, 2.24) is 0 Å². The molecule has 0 aliphatic heterocycles. The van der Waals surface area contributed by atoms with E-state index in [9.17, 15) is 4.79 Å². The third-order valence-corrected chi connectivity index (χ3v) is 2.71. The van der Waals surface area contributed by atoms with E-state index < -0.39 is 0 Å². The van der Waals surface area contributed by atoms with E-state index in [4.69, 9.17) is 10.5 Å². The van der Waals surface area contributed by atoms with E-state index in [0.29, 0.717) is 12.4 Å². The lowest BCUT2D eigenvalue weighted by atomic mass is 9.96. The van der Waals surface area contributed by atoms with E-state index >= 15 is 0 Å². The minimum absolute atomic E-state index is 0.0998. The van der Waals surface area contributed by atoms with Gasteiger partial charge in [0.15, 0.2) is 0 Å². The highest BCUT2D eigenvalue weighted by molar-refractivity contribution is 5.90. The van der Waals surface area contributed by atoms with Crippen molar-refractivity contribution in [2.75, 3.05) is 11.9 Å². The topological polar surface area (TPSA) is 64.3 Å². The number of nitrogens with two attached hydrogens (primary N) is 1. The summed E-state index contributed by atoms with van der Waals surface area (Å²) in [4.78, 5) is 11.2. The predicted molar refractivity (Wildman–Crippen MR) is 78.5 cm³/mol. The SMILES string of the molecule is CCOc1ccc(CCC(C)(C)N)cc1NC(C)=O. The largest absolute Gasteiger partial charge is 0.492 e. The number of anilines is 1. The number of hydrogen-bond donors (Lipinski definition) is 2. The fraction of sp³-hybridized carbons (Fsp3) is 0.533. The van der Waals surface area contributed by atoms with Crippen LogP contribution < -0.4 is 15.8 Å². The number of hydrogen-bond acceptors (Lipinski definition) is 3. The molecule has 0 saturated carbocycles. The molecule has 0 aliphatic rings. The quantitative estimate of drug-likeness (QED) is 0.830. The number of carbonyl (C=O) groups excluding carboxylic acids is 1. The summed E-state index contributed by atoms with van der Waals surface area (Å²) < 4.78 is 5.50. The summed E-state index contributed by atoms with van der Waals surface area (Å²) in [5.74, 6) is 0.603. The Morgan fingerprint density at radius 2 is 2.11 bits per heavy atom. The maximum absolute atomic E-state index is 11.2. The molecular weight excluding hydrogens is 240 g/mol. The second-order valence-corrected chi connectivity index (χ2v) is 5.43. The molecular formula is C15H24N2O2. The summed E-state index contributed by atoms with van der Waals surface area (Å²) >= 11 is 0. The van der Waals surface area contributed by atoms with Crippen LogP contribution in [0, 0.1) is 0 Å². The summed E-state index contributed by atoms with van der Waals surface area (Å²) in [5, 5.41) is 2.80. The smallest absolute Gasteiger partial charge is 0.221 e. The first-order valence-corrected chi connectivity index (χ1v) is 6.64. The van der Waals surface area contributed by atoms with Crippen LogP contribution in [-0.2, 0) is 11.2 Å². The molecule has 0 atom stereocenters. The van der Waals surface area contributed by atoms with Gasteiger partial charge in [0.25, 0.3) is 0 Å². The van der Waals surface area contributed by atoms with Gasteiger partial charge in [0.05, 0.1) is 12.3 Å². The number of nitrogens with one attached hydrogen (secondary N) is 1. The molecule has 0 unspecified atom stereocenters. The Hall–Kier alpha value is -1.55. The first-order chi connectivity index (χ1) is 8.81.